The van der Waals surface area contributed by atoms with Crippen molar-refractivity contribution >= 4 is 33.2 Å². The molecular formula is C9H11BrO2S. The van der Waals surface area contributed by atoms with Crippen LogP contribution in [0.4, 0.5) is 0 Å². The van der Waals surface area contributed by atoms with Crippen LogP contribution in [0.25, 0.3) is 0 Å². The third-order valence-electron chi connectivity index (χ3n) is 1.55. The predicted octanol–water partition coefficient (Wildman–Crippen LogP) is 3.01. The Labute approximate surface area is 90.0 Å². The first-order valence-corrected chi connectivity index (χ1v) is 5.78. The number of hydrogen-bond acceptors (Lipinski definition) is 3. The first kappa shape index (κ1) is 10.7. The van der Waals surface area contributed by atoms with E-state index in [9.17, 15) is 4.79 Å². The summed E-state index contributed by atoms with van der Waals surface area (Å²) in [5.74, 6) is -0.122. The summed E-state index contributed by atoms with van der Waals surface area (Å²) < 4.78 is 5.92. The Kier molecular flexibility index (Phi) is 4.45. The molecule has 0 aliphatic heterocycles. The summed E-state index contributed by atoms with van der Waals surface area (Å²) in [5, 5.41) is 2.00. The smallest absolute Gasteiger partial charge is 0.306 e. The van der Waals surface area contributed by atoms with Gasteiger partial charge in [-0.15, -0.1) is 11.3 Å². The van der Waals surface area contributed by atoms with Crippen molar-refractivity contribution in [2.75, 3.05) is 6.61 Å². The van der Waals surface area contributed by atoms with Crippen LogP contribution >= 0.6 is 27.3 Å². The van der Waals surface area contributed by atoms with E-state index in [-0.39, 0.29) is 5.97 Å². The number of thiophene rings is 1. The van der Waals surface area contributed by atoms with Crippen molar-refractivity contribution in [2.45, 2.75) is 19.8 Å². The molecule has 0 N–H and O–H groups in total. The van der Waals surface area contributed by atoms with Crippen LogP contribution in [0.1, 0.15) is 18.2 Å². The molecule has 0 spiro atoms. The van der Waals surface area contributed by atoms with E-state index in [1.54, 1.807) is 11.3 Å². The van der Waals surface area contributed by atoms with Crippen molar-refractivity contribution in [1.29, 1.82) is 0 Å². The molecule has 1 aromatic heterocycles. The van der Waals surface area contributed by atoms with Crippen LogP contribution in [-0.4, -0.2) is 12.6 Å². The quantitative estimate of drug-likeness (QED) is 0.780. The highest BCUT2D eigenvalue weighted by Gasteiger charge is 2.05. The molecule has 4 heteroatoms. The fourth-order valence-electron chi connectivity index (χ4n) is 0.952. The van der Waals surface area contributed by atoms with Gasteiger partial charge in [-0.2, -0.15) is 0 Å². The third-order valence-corrected chi connectivity index (χ3v) is 3.54. The lowest BCUT2D eigenvalue weighted by Gasteiger charge is -2.00. The maximum Gasteiger partial charge on any atom is 0.306 e. The number of ether oxygens (including phenoxy) is 1. The molecule has 0 radical (unpaired) electrons. The Morgan fingerprint density at radius 3 is 3.00 bits per heavy atom. The number of halogens is 1. The zero-order chi connectivity index (χ0) is 9.68. The summed E-state index contributed by atoms with van der Waals surface area (Å²) >= 11 is 5.07. The highest BCUT2D eigenvalue weighted by molar-refractivity contribution is 9.10. The predicted molar refractivity (Wildman–Crippen MR) is 57.0 cm³/mol. The van der Waals surface area contributed by atoms with E-state index in [4.69, 9.17) is 4.74 Å². The summed E-state index contributed by atoms with van der Waals surface area (Å²) in [7, 11) is 0. The average molecular weight is 263 g/mol. The third kappa shape index (κ3) is 3.48. The van der Waals surface area contributed by atoms with Gasteiger partial charge in [0.2, 0.25) is 0 Å². The van der Waals surface area contributed by atoms with Crippen molar-refractivity contribution < 1.29 is 9.53 Å². The van der Waals surface area contributed by atoms with Crippen LogP contribution in [0, 0.1) is 0 Å². The van der Waals surface area contributed by atoms with Crippen molar-refractivity contribution in [3.05, 3.63) is 20.8 Å². The maximum absolute atomic E-state index is 11.0. The lowest BCUT2D eigenvalue weighted by atomic mass is 10.3. The second kappa shape index (κ2) is 5.40. The van der Waals surface area contributed by atoms with Crippen LogP contribution in [0.3, 0.4) is 0 Å². The number of carbonyl (C=O) groups is 1. The molecule has 0 aliphatic rings. The van der Waals surface area contributed by atoms with Gasteiger partial charge in [0.25, 0.3) is 0 Å². The summed E-state index contributed by atoms with van der Waals surface area (Å²) in [5.41, 5.74) is 0. The largest absolute Gasteiger partial charge is 0.466 e. The molecule has 0 saturated carbocycles. The Morgan fingerprint density at radius 1 is 1.69 bits per heavy atom. The van der Waals surface area contributed by atoms with Crippen LogP contribution < -0.4 is 0 Å². The number of carbonyl (C=O) groups excluding carboxylic acids is 1. The molecule has 1 aromatic rings. The van der Waals surface area contributed by atoms with Gasteiger partial charge in [-0.25, -0.2) is 0 Å². The molecule has 72 valence electrons. The molecule has 0 fully saturated rings. The van der Waals surface area contributed by atoms with E-state index in [1.165, 1.54) is 4.88 Å². The molecule has 1 rings (SSSR count). The minimum atomic E-state index is -0.122. The van der Waals surface area contributed by atoms with Gasteiger partial charge >= 0.3 is 5.97 Å². The van der Waals surface area contributed by atoms with Gasteiger partial charge in [0.1, 0.15) is 0 Å². The Balaban J connectivity index is 2.35. The van der Waals surface area contributed by atoms with E-state index in [0.29, 0.717) is 13.0 Å². The Hall–Kier alpha value is -0.350. The minimum Gasteiger partial charge on any atom is -0.466 e. The van der Waals surface area contributed by atoms with Crippen molar-refractivity contribution in [3.8, 4) is 0 Å². The van der Waals surface area contributed by atoms with Gasteiger partial charge in [0.15, 0.2) is 0 Å². The Morgan fingerprint density at radius 2 is 2.46 bits per heavy atom. The first-order chi connectivity index (χ1) is 6.24. The normalized spacial score (nSPS) is 10.0. The highest BCUT2D eigenvalue weighted by atomic mass is 79.9. The molecule has 1 heterocycles. The standard InChI is InChI=1S/C9H11BrO2S/c1-2-12-9(11)4-3-8-7(10)5-6-13-8/h5-6H,2-4H2,1H3. The summed E-state index contributed by atoms with van der Waals surface area (Å²) in [6.07, 6.45) is 1.23. The van der Waals surface area contributed by atoms with E-state index >= 15 is 0 Å². The van der Waals surface area contributed by atoms with Crippen LogP contribution in [0.2, 0.25) is 0 Å². The molecule has 0 bridgehead atoms. The fraction of sp³-hybridized carbons (Fsp3) is 0.444. The monoisotopic (exact) mass is 262 g/mol. The number of esters is 1. The summed E-state index contributed by atoms with van der Waals surface area (Å²) in [4.78, 5) is 12.2. The number of hydrogen-bond donors (Lipinski definition) is 0. The lowest BCUT2D eigenvalue weighted by molar-refractivity contribution is -0.143. The first-order valence-electron chi connectivity index (χ1n) is 4.11. The molecule has 0 atom stereocenters. The number of aryl methyl sites for hydroxylation is 1. The van der Waals surface area contributed by atoms with Gasteiger partial charge in [0, 0.05) is 9.35 Å². The Bertz CT molecular complexity index is 283. The topological polar surface area (TPSA) is 26.3 Å². The van der Waals surface area contributed by atoms with E-state index in [1.807, 2.05) is 18.4 Å². The van der Waals surface area contributed by atoms with Gasteiger partial charge in [-0.05, 0) is 40.7 Å². The van der Waals surface area contributed by atoms with Crippen LogP contribution in [-0.2, 0) is 16.0 Å². The summed E-state index contributed by atoms with van der Waals surface area (Å²) in [6, 6.07) is 1.99. The average Bonchev–Trinajstić information content (AvgIpc) is 2.48. The minimum absolute atomic E-state index is 0.122. The molecule has 13 heavy (non-hydrogen) atoms. The number of rotatable bonds is 4. The van der Waals surface area contributed by atoms with Crippen molar-refractivity contribution in [2.24, 2.45) is 0 Å². The zero-order valence-corrected chi connectivity index (χ0v) is 9.78. The van der Waals surface area contributed by atoms with Crippen LogP contribution in [0.15, 0.2) is 15.9 Å². The SMILES string of the molecule is CCOC(=O)CCc1sccc1Br. The molecule has 2 nitrogen and oxygen atoms in total. The van der Waals surface area contributed by atoms with Gasteiger partial charge in [-0.3, -0.25) is 4.79 Å². The van der Waals surface area contributed by atoms with Crippen molar-refractivity contribution in [3.63, 3.8) is 0 Å². The van der Waals surface area contributed by atoms with Gasteiger partial charge in [0.05, 0.1) is 13.0 Å². The van der Waals surface area contributed by atoms with E-state index in [0.717, 1.165) is 10.9 Å². The van der Waals surface area contributed by atoms with E-state index < -0.39 is 0 Å². The lowest BCUT2D eigenvalue weighted by Crippen LogP contribution is -2.04. The molecule has 0 aliphatic carbocycles. The maximum atomic E-state index is 11.0. The fourth-order valence-corrected chi connectivity index (χ4v) is 2.51. The molecule has 0 unspecified atom stereocenters. The molecule has 0 saturated heterocycles. The van der Waals surface area contributed by atoms with Crippen molar-refractivity contribution in [1.82, 2.24) is 0 Å². The zero-order valence-electron chi connectivity index (χ0n) is 7.38. The summed E-state index contributed by atoms with van der Waals surface area (Å²) in [6.45, 7) is 2.28. The molecular weight excluding hydrogens is 252 g/mol. The van der Waals surface area contributed by atoms with Gasteiger partial charge < -0.3 is 4.74 Å². The second-order valence-electron chi connectivity index (χ2n) is 2.50. The van der Waals surface area contributed by atoms with Gasteiger partial charge in [-0.1, -0.05) is 0 Å². The highest BCUT2D eigenvalue weighted by Crippen LogP contribution is 2.23. The van der Waals surface area contributed by atoms with E-state index in [2.05, 4.69) is 15.9 Å². The molecule has 0 aromatic carbocycles. The second-order valence-corrected chi connectivity index (χ2v) is 4.35. The van der Waals surface area contributed by atoms with Crippen LogP contribution in [0.5, 0.6) is 0 Å². The molecule has 0 amide bonds.